The van der Waals surface area contributed by atoms with Crippen molar-refractivity contribution in [1.82, 2.24) is 4.90 Å². The number of carbonyl (C=O) groups is 1. The first-order chi connectivity index (χ1) is 10.2. The molecule has 0 saturated heterocycles. The minimum atomic E-state index is -0.699. The van der Waals surface area contributed by atoms with E-state index in [9.17, 15) is 9.90 Å². The SMILES string of the molecule is CN1Cc2ccccc2N(CC(O)c2ccccc2)C1=O. The molecule has 108 valence electrons. The number of carbonyl (C=O) groups excluding carboxylic acids is 1. The number of β-amino-alcohol motifs (C(OH)–C–C–N with tert-alkyl or cyclic N) is 1. The molecule has 21 heavy (non-hydrogen) atoms. The maximum Gasteiger partial charge on any atom is 0.324 e. The van der Waals surface area contributed by atoms with Crippen molar-refractivity contribution in [2.45, 2.75) is 12.6 Å². The summed E-state index contributed by atoms with van der Waals surface area (Å²) in [5.74, 6) is 0. The lowest BCUT2D eigenvalue weighted by Gasteiger charge is -2.36. The van der Waals surface area contributed by atoms with Gasteiger partial charge in [-0.2, -0.15) is 0 Å². The molecule has 0 radical (unpaired) electrons. The summed E-state index contributed by atoms with van der Waals surface area (Å²) < 4.78 is 0. The van der Waals surface area contributed by atoms with Crippen LogP contribution >= 0.6 is 0 Å². The number of aliphatic hydroxyl groups excluding tert-OH is 1. The van der Waals surface area contributed by atoms with Crippen molar-refractivity contribution in [3.63, 3.8) is 0 Å². The van der Waals surface area contributed by atoms with Crippen LogP contribution in [0.15, 0.2) is 54.6 Å². The van der Waals surface area contributed by atoms with Crippen LogP contribution in [-0.4, -0.2) is 29.6 Å². The number of hydrogen-bond acceptors (Lipinski definition) is 2. The maximum absolute atomic E-state index is 12.4. The topological polar surface area (TPSA) is 43.8 Å². The molecular formula is C17H18N2O2. The van der Waals surface area contributed by atoms with Crippen molar-refractivity contribution in [2.24, 2.45) is 0 Å². The Hall–Kier alpha value is -2.33. The summed E-state index contributed by atoms with van der Waals surface area (Å²) in [6.07, 6.45) is -0.699. The molecule has 3 rings (SSSR count). The van der Waals surface area contributed by atoms with Crippen LogP contribution in [0.25, 0.3) is 0 Å². The lowest BCUT2D eigenvalue weighted by Crippen LogP contribution is -2.46. The fraction of sp³-hybridized carbons (Fsp3) is 0.235. The van der Waals surface area contributed by atoms with Crippen LogP contribution in [0.2, 0.25) is 0 Å². The lowest BCUT2D eigenvalue weighted by molar-refractivity contribution is 0.173. The fourth-order valence-electron chi connectivity index (χ4n) is 2.67. The number of nitrogens with zero attached hydrogens (tertiary/aromatic N) is 2. The Bertz CT molecular complexity index is 642. The fourth-order valence-corrected chi connectivity index (χ4v) is 2.67. The lowest BCUT2D eigenvalue weighted by atomic mass is 10.1. The van der Waals surface area contributed by atoms with E-state index in [4.69, 9.17) is 0 Å². The molecule has 1 N–H and O–H groups in total. The molecule has 4 nitrogen and oxygen atoms in total. The molecule has 1 atom stereocenters. The molecule has 0 fully saturated rings. The molecule has 0 bridgehead atoms. The Labute approximate surface area is 124 Å². The van der Waals surface area contributed by atoms with Crippen molar-refractivity contribution in [3.05, 3.63) is 65.7 Å². The molecule has 0 aliphatic carbocycles. The quantitative estimate of drug-likeness (QED) is 0.940. The summed E-state index contributed by atoms with van der Waals surface area (Å²) in [5, 5.41) is 10.4. The first-order valence-corrected chi connectivity index (χ1v) is 7.00. The standard InChI is InChI=1S/C17H18N2O2/c1-18-11-14-9-5-6-10-15(14)19(17(18)21)12-16(20)13-7-3-2-4-8-13/h2-10,16,20H,11-12H2,1H3. The summed E-state index contributed by atoms with van der Waals surface area (Å²) >= 11 is 0. The zero-order valence-electron chi connectivity index (χ0n) is 11.9. The molecule has 1 heterocycles. The third kappa shape index (κ3) is 2.62. The number of fused-ring (bicyclic) bond motifs is 1. The van der Waals surface area contributed by atoms with Crippen molar-refractivity contribution in [3.8, 4) is 0 Å². The summed E-state index contributed by atoms with van der Waals surface area (Å²) in [6.45, 7) is 0.858. The normalized spacial score (nSPS) is 15.8. The van der Waals surface area contributed by atoms with Crippen LogP contribution in [0.1, 0.15) is 17.2 Å². The number of hydrogen-bond donors (Lipinski definition) is 1. The highest BCUT2D eigenvalue weighted by atomic mass is 16.3. The van der Waals surface area contributed by atoms with E-state index in [1.54, 1.807) is 16.8 Å². The molecular weight excluding hydrogens is 264 g/mol. The van der Waals surface area contributed by atoms with Crippen LogP contribution in [0.4, 0.5) is 10.5 Å². The number of aliphatic hydroxyl groups is 1. The van der Waals surface area contributed by atoms with Crippen molar-refractivity contribution >= 4 is 11.7 Å². The number of urea groups is 1. The summed E-state index contributed by atoms with van der Waals surface area (Å²) in [7, 11) is 1.78. The summed E-state index contributed by atoms with van der Waals surface area (Å²) in [6, 6.07) is 17.2. The van der Waals surface area contributed by atoms with Gasteiger partial charge in [0.1, 0.15) is 0 Å². The second kappa shape index (κ2) is 5.58. The van der Waals surface area contributed by atoms with Gasteiger partial charge in [-0.25, -0.2) is 4.79 Å². The van der Waals surface area contributed by atoms with Gasteiger partial charge in [0, 0.05) is 13.6 Å². The Morgan fingerprint density at radius 2 is 1.76 bits per heavy atom. The number of rotatable bonds is 3. The van der Waals surface area contributed by atoms with Gasteiger partial charge in [0.2, 0.25) is 0 Å². The third-order valence-electron chi connectivity index (χ3n) is 3.79. The minimum Gasteiger partial charge on any atom is -0.387 e. The van der Waals surface area contributed by atoms with Crippen LogP contribution in [0.3, 0.4) is 0 Å². The van der Waals surface area contributed by atoms with Gasteiger partial charge in [0.25, 0.3) is 0 Å². The minimum absolute atomic E-state index is 0.0799. The highest BCUT2D eigenvalue weighted by molar-refractivity contribution is 5.94. The Balaban J connectivity index is 1.89. The average Bonchev–Trinajstić information content (AvgIpc) is 2.52. The van der Waals surface area contributed by atoms with Crippen molar-refractivity contribution in [1.29, 1.82) is 0 Å². The van der Waals surface area contributed by atoms with Gasteiger partial charge < -0.3 is 10.0 Å². The summed E-state index contributed by atoms with van der Waals surface area (Å²) in [4.78, 5) is 15.7. The van der Waals surface area contributed by atoms with E-state index in [1.165, 1.54) is 0 Å². The third-order valence-corrected chi connectivity index (χ3v) is 3.79. The van der Waals surface area contributed by atoms with E-state index in [0.717, 1.165) is 16.8 Å². The highest BCUT2D eigenvalue weighted by Gasteiger charge is 2.29. The molecule has 0 saturated carbocycles. The van der Waals surface area contributed by atoms with E-state index in [1.807, 2.05) is 54.6 Å². The van der Waals surface area contributed by atoms with E-state index in [-0.39, 0.29) is 12.6 Å². The highest BCUT2D eigenvalue weighted by Crippen LogP contribution is 2.29. The van der Waals surface area contributed by atoms with E-state index < -0.39 is 6.10 Å². The van der Waals surface area contributed by atoms with Crippen LogP contribution in [-0.2, 0) is 6.54 Å². The second-order valence-electron chi connectivity index (χ2n) is 5.30. The van der Waals surface area contributed by atoms with Crippen molar-refractivity contribution < 1.29 is 9.90 Å². The van der Waals surface area contributed by atoms with E-state index >= 15 is 0 Å². The molecule has 1 unspecified atom stereocenters. The maximum atomic E-state index is 12.4. The van der Waals surface area contributed by atoms with Crippen molar-refractivity contribution in [2.75, 3.05) is 18.5 Å². The number of anilines is 1. The zero-order valence-corrected chi connectivity index (χ0v) is 11.9. The predicted octanol–water partition coefficient (Wildman–Crippen LogP) is 2.79. The molecule has 2 amide bonds. The van der Waals surface area contributed by atoms with Crippen LogP contribution in [0, 0.1) is 0 Å². The Morgan fingerprint density at radius 3 is 2.52 bits per heavy atom. The molecule has 2 aromatic rings. The Kier molecular flexibility index (Phi) is 3.62. The predicted molar refractivity (Wildman–Crippen MR) is 82.1 cm³/mol. The molecule has 0 spiro atoms. The molecule has 1 aliphatic rings. The molecule has 2 aromatic carbocycles. The van der Waals surface area contributed by atoms with Gasteiger partial charge in [0.15, 0.2) is 0 Å². The number of amides is 2. The van der Waals surface area contributed by atoms with Gasteiger partial charge in [-0.1, -0.05) is 48.5 Å². The monoisotopic (exact) mass is 282 g/mol. The molecule has 4 heteroatoms. The number of benzene rings is 2. The molecule has 1 aliphatic heterocycles. The van der Waals surface area contributed by atoms with Gasteiger partial charge in [-0.3, -0.25) is 4.90 Å². The van der Waals surface area contributed by atoms with E-state index in [0.29, 0.717) is 6.54 Å². The van der Waals surface area contributed by atoms with Crippen LogP contribution < -0.4 is 4.90 Å². The van der Waals surface area contributed by atoms with Gasteiger partial charge >= 0.3 is 6.03 Å². The smallest absolute Gasteiger partial charge is 0.324 e. The summed E-state index contributed by atoms with van der Waals surface area (Å²) in [5.41, 5.74) is 2.80. The number of para-hydroxylation sites is 1. The van der Waals surface area contributed by atoms with Gasteiger partial charge in [-0.05, 0) is 17.2 Å². The zero-order chi connectivity index (χ0) is 14.8. The Morgan fingerprint density at radius 1 is 1.10 bits per heavy atom. The van der Waals surface area contributed by atoms with Gasteiger partial charge in [-0.15, -0.1) is 0 Å². The van der Waals surface area contributed by atoms with E-state index in [2.05, 4.69) is 0 Å². The van der Waals surface area contributed by atoms with Crippen LogP contribution in [0.5, 0.6) is 0 Å². The average molecular weight is 282 g/mol. The second-order valence-corrected chi connectivity index (χ2v) is 5.30. The first kappa shape index (κ1) is 13.6. The van der Waals surface area contributed by atoms with Gasteiger partial charge in [0.05, 0.1) is 18.3 Å². The largest absolute Gasteiger partial charge is 0.387 e. The first-order valence-electron chi connectivity index (χ1n) is 7.00. The molecule has 0 aromatic heterocycles.